The van der Waals surface area contributed by atoms with Gasteiger partial charge in [-0.25, -0.2) is 14.6 Å². The Labute approximate surface area is 228 Å². The monoisotopic (exact) mass is 553 g/mol. The third kappa shape index (κ3) is 5.44. The Bertz CT molecular complexity index is 1520. The number of piperazine rings is 1. The van der Waals surface area contributed by atoms with Crippen molar-refractivity contribution in [3.63, 3.8) is 0 Å². The van der Waals surface area contributed by atoms with Crippen molar-refractivity contribution in [2.24, 2.45) is 5.41 Å². The molecule has 0 bridgehead atoms. The van der Waals surface area contributed by atoms with E-state index in [-0.39, 0.29) is 49.6 Å². The minimum absolute atomic E-state index is 0.0441. The van der Waals surface area contributed by atoms with Gasteiger partial charge in [-0.05, 0) is 29.7 Å². The summed E-state index contributed by atoms with van der Waals surface area (Å²) in [5, 5.41) is 16.8. The summed E-state index contributed by atoms with van der Waals surface area (Å²) in [7, 11) is 0. The molecule has 13 heteroatoms. The second kappa shape index (κ2) is 10.5. The number of benzene rings is 1. The molecule has 1 saturated heterocycles. The Hall–Kier alpha value is -4.55. The molecule has 3 amide bonds. The van der Waals surface area contributed by atoms with Crippen molar-refractivity contribution in [3.05, 3.63) is 66.4 Å². The number of hydrogen-bond acceptors (Lipinski definition) is 6. The molecule has 1 aliphatic heterocycles. The lowest BCUT2D eigenvalue weighted by Crippen LogP contribution is -2.62. The molecular formula is C27H29F2N7O4. The molecule has 3 aromatic heterocycles. The van der Waals surface area contributed by atoms with Gasteiger partial charge >= 0.3 is 18.5 Å². The number of carbonyl (C=O) groups excluding carboxylic acids is 1. The second-order valence-corrected chi connectivity index (χ2v) is 10.7. The number of imidazole rings is 1. The van der Waals surface area contributed by atoms with E-state index in [1.165, 1.54) is 4.90 Å². The number of hydrogen-bond donors (Lipinski definition) is 1. The number of nitrogens with zero attached hydrogens (tertiary/aromatic N) is 7. The fourth-order valence-electron chi connectivity index (χ4n) is 4.82. The van der Waals surface area contributed by atoms with E-state index in [1.807, 2.05) is 51.1 Å². The van der Waals surface area contributed by atoms with Crippen molar-refractivity contribution < 1.29 is 27.9 Å². The number of fused-ring (bicyclic) bond motifs is 1. The quantitative estimate of drug-likeness (QED) is 0.363. The highest BCUT2D eigenvalue weighted by Gasteiger charge is 2.40. The summed E-state index contributed by atoms with van der Waals surface area (Å²) in [4.78, 5) is 35.2. The molecule has 1 atom stereocenters. The van der Waals surface area contributed by atoms with E-state index in [1.54, 1.807) is 38.7 Å². The van der Waals surface area contributed by atoms with Crippen molar-refractivity contribution in [2.75, 3.05) is 24.5 Å². The molecule has 1 aromatic carbocycles. The van der Waals surface area contributed by atoms with Crippen LogP contribution < -0.4 is 4.90 Å². The van der Waals surface area contributed by atoms with Crippen LogP contribution in [0.5, 0.6) is 0 Å². The van der Waals surface area contributed by atoms with Gasteiger partial charge < -0.3 is 23.7 Å². The van der Waals surface area contributed by atoms with Crippen LogP contribution in [0, 0.1) is 5.41 Å². The Morgan fingerprint density at radius 1 is 1.15 bits per heavy atom. The lowest BCUT2D eigenvalue weighted by molar-refractivity contribution is 0.0344. The molecule has 4 aromatic rings. The van der Waals surface area contributed by atoms with E-state index in [2.05, 4.69) is 15.2 Å². The molecule has 1 N–H and O–H groups in total. The fourth-order valence-corrected chi connectivity index (χ4v) is 4.82. The number of pyridine rings is 1. The fraction of sp³-hybridized carbons (Fsp3) is 0.370. The topological polar surface area (TPSA) is 120 Å². The predicted molar refractivity (Wildman–Crippen MR) is 141 cm³/mol. The molecule has 1 aliphatic rings. The molecule has 210 valence electrons. The standard InChI is InChI=1S/C27H29F2N7O4/c1-27(2,3)20-16-34(11-12-35(20)26(38)39)25(37)36(19-7-5-4-6-8-19)15-18-14-33-10-9-17(13-21(33)30-18)23-31-32-24(40-23)22(28)29/h4-10,13-14,20,22H,11-12,15-16H2,1-3H3,(H,38,39). The Morgan fingerprint density at radius 2 is 1.90 bits per heavy atom. The van der Waals surface area contributed by atoms with Crippen LogP contribution in [0.25, 0.3) is 17.1 Å². The van der Waals surface area contributed by atoms with Gasteiger partial charge in [0.05, 0.1) is 18.3 Å². The lowest BCUT2D eigenvalue weighted by atomic mass is 9.84. The average Bonchev–Trinajstić information content (AvgIpc) is 3.58. The molecule has 0 spiro atoms. The summed E-state index contributed by atoms with van der Waals surface area (Å²) < 4.78 is 32.5. The summed E-state index contributed by atoms with van der Waals surface area (Å²) in [5.74, 6) is -0.800. The van der Waals surface area contributed by atoms with Crippen molar-refractivity contribution in [1.82, 2.24) is 29.4 Å². The molecule has 1 unspecified atom stereocenters. The van der Waals surface area contributed by atoms with Crippen molar-refractivity contribution in [1.29, 1.82) is 0 Å². The summed E-state index contributed by atoms with van der Waals surface area (Å²) >= 11 is 0. The maximum Gasteiger partial charge on any atom is 0.407 e. The Balaban J connectivity index is 1.42. The van der Waals surface area contributed by atoms with Crippen molar-refractivity contribution >= 4 is 23.5 Å². The SMILES string of the molecule is CC(C)(C)C1CN(C(=O)N(Cc2cn3ccc(-c4nnc(C(F)F)o4)cc3n2)c2ccccc2)CCN1C(=O)O. The summed E-state index contributed by atoms with van der Waals surface area (Å²) in [5.41, 5.74) is 1.83. The predicted octanol–water partition coefficient (Wildman–Crippen LogP) is 5.16. The third-order valence-corrected chi connectivity index (χ3v) is 6.90. The molecule has 0 aliphatic carbocycles. The summed E-state index contributed by atoms with van der Waals surface area (Å²) in [6, 6.07) is 11.9. The van der Waals surface area contributed by atoms with Gasteiger partial charge in [0.15, 0.2) is 0 Å². The highest BCUT2D eigenvalue weighted by atomic mass is 19.3. The number of anilines is 1. The zero-order chi connectivity index (χ0) is 28.6. The van der Waals surface area contributed by atoms with Gasteiger partial charge in [0.2, 0.25) is 5.89 Å². The van der Waals surface area contributed by atoms with Crippen LogP contribution in [0.3, 0.4) is 0 Å². The summed E-state index contributed by atoms with van der Waals surface area (Å²) in [6.45, 7) is 6.77. The van der Waals surface area contributed by atoms with Gasteiger partial charge in [0.25, 0.3) is 5.89 Å². The molecule has 0 saturated carbocycles. The molecule has 11 nitrogen and oxygen atoms in total. The number of amides is 3. The van der Waals surface area contributed by atoms with Gasteiger partial charge in [0, 0.05) is 43.3 Å². The van der Waals surface area contributed by atoms with E-state index in [9.17, 15) is 23.5 Å². The first-order chi connectivity index (χ1) is 19.0. The number of rotatable bonds is 5. The van der Waals surface area contributed by atoms with Gasteiger partial charge in [-0.15, -0.1) is 10.2 Å². The number of para-hydroxylation sites is 1. The van der Waals surface area contributed by atoms with Crippen molar-refractivity contribution in [3.8, 4) is 11.5 Å². The molecule has 4 heterocycles. The minimum atomic E-state index is -2.87. The van der Waals surface area contributed by atoms with E-state index in [4.69, 9.17) is 4.42 Å². The molecule has 0 radical (unpaired) electrons. The second-order valence-electron chi connectivity index (χ2n) is 10.7. The first-order valence-electron chi connectivity index (χ1n) is 12.7. The molecule has 5 rings (SSSR count). The zero-order valence-electron chi connectivity index (χ0n) is 22.2. The lowest BCUT2D eigenvalue weighted by Gasteiger charge is -2.46. The van der Waals surface area contributed by atoms with Crippen LogP contribution >= 0.6 is 0 Å². The number of alkyl halides is 2. The number of carbonyl (C=O) groups is 2. The first-order valence-corrected chi connectivity index (χ1v) is 12.7. The maximum atomic E-state index is 13.9. The van der Waals surface area contributed by atoms with Gasteiger partial charge in [0.1, 0.15) is 5.65 Å². The normalized spacial score (nSPS) is 16.1. The molecular weight excluding hydrogens is 524 g/mol. The first kappa shape index (κ1) is 27.0. The molecule has 1 fully saturated rings. The smallest absolute Gasteiger partial charge is 0.407 e. The molecule has 40 heavy (non-hydrogen) atoms. The maximum absolute atomic E-state index is 13.9. The average molecular weight is 554 g/mol. The zero-order valence-corrected chi connectivity index (χ0v) is 22.2. The van der Waals surface area contributed by atoms with E-state index in [0.717, 1.165) is 0 Å². The van der Waals surface area contributed by atoms with Gasteiger partial charge in [-0.1, -0.05) is 39.0 Å². The van der Waals surface area contributed by atoms with E-state index in [0.29, 0.717) is 22.6 Å². The Kier molecular flexibility index (Phi) is 7.13. The minimum Gasteiger partial charge on any atom is -0.465 e. The highest BCUT2D eigenvalue weighted by molar-refractivity contribution is 5.92. The van der Waals surface area contributed by atoms with Crippen LogP contribution in [-0.4, -0.2) is 72.3 Å². The van der Waals surface area contributed by atoms with Gasteiger partial charge in [-0.2, -0.15) is 8.78 Å². The van der Waals surface area contributed by atoms with Crippen LogP contribution in [0.4, 0.5) is 24.1 Å². The van der Waals surface area contributed by atoms with E-state index >= 15 is 0 Å². The highest BCUT2D eigenvalue weighted by Crippen LogP contribution is 2.30. The van der Waals surface area contributed by atoms with Crippen LogP contribution in [-0.2, 0) is 6.54 Å². The third-order valence-electron chi connectivity index (χ3n) is 6.90. The van der Waals surface area contributed by atoms with Crippen molar-refractivity contribution in [2.45, 2.75) is 39.8 Å². The largest absolute Gasteiger partial charge is 0.465 e. The number of aromatic nitrogens is 4. The van der Waals surface area contributed by atoms with Crippen LogP contribution in [0.15, 0.2) is 59.3 Å². The van der Waals surface area contributed by atoms with E-state index < -0.39 is 18.4 Å². The number of halogens is 2. The van der Waals surface area contributed by atoms with Gasteiger partial charge in [-0.3, -0.25) is 4.90 Å². The Morgan fingerprint density at radius 3 is 2.55 bits per heavy atom. The summed E-state index contributed by atoms with van der Waals surface area (Å²) in [6.07, 6.45) is -0.389. The number of carboxylic acid groups (broad SMARTS) is 1. The van der Waals surface area contributed by atoms with Crippen LogP contribution in [0.1, 0.15) is 38.8 Å². The number of urea groups is 1. The van der Waals surface area contributed by atoms with Crippen LogP contribution in [0.2, 0.25) is 0 Å².